The van der Waals surface area contributed by atoms with Gasteiger partial charge in [0.05, 0.1) is 4.47 Å². The summed E-state index contributed by atoms with van der Waals surface area (Å²) in [6.45, 7) is 0.263. The van der Waals surface area contributed by atoms with Gasteiger partial charge in [0.15, 0.2) is 0 Å². The summed E-state index contributed by atoms with van der Waals surface area (Å²) in [5, 5.41) is 0.220. The molecule has 0 aliphatic rings. The standard InChI is InChI=1S/C12H11BrClN3O2S/c13-11-7-10(8-16-12(11)14)20(18,19)17-6-4-9-3-1-2-5-15-9/h1-3,5,7-8,17H,4,6H2. The molecule has 2 heterocycles. The summed E-state index contributed by atoms with van der Waals surface area (Å²) in [4.78, 5) is 7.99. The first-order chi connectivity index (χ1) is 9.49. The van der Waals surface area contributed by atoms with Gasteiger partial charge in [0.2, 0.25) is 10.0 Å². The predicted octanol–water partition coefficient (Wildman–Crippen LogP) is 2.41. The lowest BCUT2D eigenvalue weighted by Crippen LogP contribution is -2.26. The summed E-state index contributed by atoms with van der Waals surface area (Å²) < 4.78 is 27.0. The van der Waals surface area contributed by atoms with Gasteiger partial charge in [0.25, 0.3) is 0 Å². The first-order valence-corrected chi connectivity index (χ1v) is 8.35. The fraction of sp³-hybridized carbons (Fsp3) is 0.167. The molecule has 0 amide bonds. The minimum Gasteiger partial charge on any atom is -0.261 e. The van der Waals surface area contributed by atoms with E-state index in [1.54, 1.807) is 6.20 Å². The highest BCUT2D eigenvalue weighted by atomic mass is 79.9. The van der Waals surface area contributed by atoms with Crippen LogP contribution in [-0.2, 0) is 16.4 Å². The van der Waals surface area contributed by atoms with Crippen molar-refractivity contribution in [3.05, 3.63) is 52.0 Å². The topological polar surface area (TPSA) is 72.0 Å². The van der Waals surface area contributed by atoms with Crippen molar-refractivity contribution in [1.29, 1.82) is 0 Å². The Labute approximate surface area is 130 Å². The summed E-state index contributed by atoms with van der Waals surface area (Å²) in [6.07, 6.45) is 3.41. The smallest absolute Gasteiger partial charge is 0.242 e. The van der Waals surface area contributed by atoms with Crippen LogP contribution in [0.15, 0.2) is 46.0 Å². The normalized spacial score (nSPS) is 11.5. The number of rotatable bonds is 5. The number of hydrogen-bond donors (Lipinski definition) is 1. The number of hydrogen-bond acceptors (Lipinski definition) is 4. The maximum Gasteiger partial charge on any atom is 0.242 e. The lowest BCUT2D eigenvalue weighted by Gasteiger charge is -2.07. The predicted molar refractivity (Wildman–Crippen MR) is 80.1 cm³/mol. The highest BCUT2D eigenvalue weighted by molar-refractivity contribution is 9.10. The number of sulfonamides is 1. The van der Waals surface area contributed by atoms with Gasteiger partial charge >= 0.3 is 0 Å². The first-order valence-electron chi connectivity index (χ1n) is 5.69. The molecular weight excluding hydrogens is 366 g/mol. The third kappa shape index (κ3) is 3.99. The van der Waals surface area contributed by atoms with Gasteiger partial charge in [-0.2, -0.15) is 0 Å². The lowest BCUT2D eigenvalue weighted by atomic mass is 10.3. The molecule has 0 saturated heterocycles. The second kappa shape index (κ2) is 6.62. The van der Waals surface area contributed by atoms with Crippen molar-refractivity contribution in [2.45, 2.75) is 11.3 Å². The number of nitrogens with zero attached hydrogens (tertiary/aromatic N) is 2. The van der Waals surface area contributed by atoms with E-state index in [4.69, 9.17) is 11.6 Å². The van der Waals surface area contributed by atoms with Gasteiger partial charge in [0, 0.05) is 31.1 Å². The summed E-state index contributed by atoms with van der Waals surface area (Å²) in [6, 6.07) is 6.93. The summed E-state index contributed by atoms with van der Waals surface area (Å²) in [7, 11) is -3.60. The van der Waals surface area contributed by atoms with Gasteiger partial charge in [-0.05, 0) is 34.1 Å². The Morgan fingerprint density at radius 3 is 2.75 bits per heavy atom. The van der Waals surface area contributed by atoms with E-state index in [0.29, 0.717) is 10.9 Å². The third-order valence-corrected chi connectivity index (χ3v) is 5.04. The molecule has 2 aromatic heterocycles. The molecule has 0 unspecified atom stereocenters. The van der Waals surface area contributed by atoms with Crippen molar-refractivity contribution in [1.82, 2.24) is 14.7 Å². The van der Waals surface area contributed by atoms with Crippen LogP contribution in [-0.4, -0.2) is 24.9 Å². The Hall–Kier alpha value is -1.02. The van der Waals surface area contributed by atoms with Crippen LogP contribution in [0, 0.1) is 0 Å². The molecule has 0 aliphatic carbocycles. The number of pyridine rings is 2. The van der Waals surface area contributed by atoms with Crippen LogP contribution in [0.2, 0.25) is 5.15 Å². The van der Waals surface area contributed by atoms with Gasteiger partial charge in [-0.25, -0.2) is 18.1 Å². The Morgan fingerprint density at radius 2 is 2.10 bits per heavy atom. The van der Waals surface area contributed by atoms with Crippen molar-refractivity contribution in [3.8, 4) is 0 Å². The lowest BCUT2D eigenvalue weighted by molar-refractivity contribution is 0.581. The van der Waals surface area contributed by atoms with Crippen LogP contribution in [0.25, 0.3) is 0 Å². The molecule has 0 radical (unpaired) electrons. The van der Waals surface area contributed by atoms with Crippen LogP contribution in [0.4, 0.5) is 0 Å². The SMILES string of the molecule is O=S(=O)(NCCc1ccccn1)c1cnc(Cl)c(Br)c1. The molecule has 0 saturated carbocycles. The van der Waals surface area contributed by atoms with Gasteiger partial charge in [0.1, 0.15) is 10.0 Å². The van der Waals surface area contributed by atoms with E-state index >= 15 is 0 Å². The zero-order valence-corrected chi connectivity index (χ0v) is 13.4. The van der Waals surface area contributed by atoms with Crippen LogP contribution in [0.1, 0.15) is 5.69 Å². The Bertz CT molecular complexity index is 695. The quantitative estimate of drug-likeness (QED) is 0.814. The molecule has 1 N–H and O–H groups in total. The van der Waals surface area contributed by atoms with E-state index in [1.807, 2.05) is 18.2 Å². The third-order valence-electron chi connectivity index (χ3n) is 2.48. The molecule has 0 spiro atoms. The fourth-order valence-electron chi connectivity index (χ4n) is 1.49. The molecule has 0 aliphatic heterocycles. The second-order valence-electron chi connectivity index (χ2n) is 3.91. The minimum atomic E-state index is -3.60. The molecule has 0 atom stereocenters. The van der Waals surface area contributed by atoms with Gasteiger partial charge in [-0.1, -0.05) is 17.7 Å². The van der Waals surface area contributed by atoms with E-state index < -0.39 is 10.0 Å². The van der Waals surface area contributed by atoms with Gasteiger partial charge in [-0.3, -0.25) is 4.98 Å². The van der Waals surface area contributed by atoms with E-state index in [1.165, 1.54) is 12.3 Å². The molecule has 5 nitrogen and oxygen atoms in total. The molecule has 106 valence electrons. The van der Waals surface area contributed by atoms with Crippen molar-refractivity contribution < 1.29 is 8.42 Å². The molecule has 8 heteroatoms. The van der Waals surface area contributed by atoms with Gasteiger partial charge < -0.3 is 0 Å². The molecule has 0 bridgehead atoms. The second-order valence-corrected chi connectivity index (χ2v) is 6.89. The summed E-state index contributed by atoms with van der Waals surface area (Å²) in [5.41, 5.74) is 0.825. The van der Waals surface area contributed by atoms with Crippen LogP contribution < -0.4 is 4.72 Å². The molecule has 20 heavy (non-hydrogen) atoms. The fourth-order valence-corrected chi connectivity index (χ4v) is 3.10. The Kier molecular flexibility index (Phi) is 5.09. The number of nitrogens with one attached hydrogen (secondary N) is 1. The van der Waals surface area contributed by atoms with E-state index in [0.717, 1.165) is 5.69 Å². The van der Waals surface area contributed by atoms with Crippen LogP contribution >= 0.6 is 27.5 Å². The number of aromatic nitrogens is 2. The first kappa shape index (κ1) is 15.4. The maximum atomic E-state index is 12.1. The summed E-state index contributed by atoms with van der Waals surface area (Å²) >= 11 is 8.88. The molecular formula is C12H11BrClN3O2S. The zero-order valence-electron chi connectivity index (χ0n) is 10.3. The van der Waals surface area contributed by atoms with Crippen molar-refractivity contribution in [2.75, 3.05) is 6.54 Å². The number of halogens is 2. The highest BCUT2D eigenvalue weighted by Crippen LogP contribution is 2.22. The largest absolute Gasteiger partial charge is 0.261 e. The van der Waals surface area contributed by atoms with E-state index in [-0.39, 0.29) is 16.6 Å². The van der Waals surface area contributed by atoms with E-state index in [2.05, 4.69) is 30.6 Å². The Morgan fingerprint density at radius 1 is 1.30 bits per heavy atom. The monoisotopic (exact) mass is 375 g/mol. The molecule has 0 aromatic carbocycles. The average molecular weight is 377 g/mol. The molecule has 0 fully saturated rings. The minimum absolute atomic E-state index is 0.0646. The van der Waals surface area contributed by atoms with Crippen molar-refractivity contribution >= 4 is 37.6 Å². The van der Waals surface area contributed by atoms with E-state index in [9.17, 15) is 8.42 Å². The summed E-state index contributed by atoms with van der Waals surface area (Å²) in [5.74, 6) is 0. The van der Waals surface area contributed by atoms with Crippen LogP contribution in [0.5, 0.6) is 0 Å². The molecule has 2 aromatic rings. The van der Waals surface area contributed by atoms with Gasteiger partial charge in [-0.15, -0.1) is 0 Å². The van der Waals surface area contributed by atoms with Crippen molar-refractivity contribution in [2.24, 2.45) is 0 Å². The van der Waals surface area contributed by atoms with Crippen LogP contribution in [0.3, 0.4) is 0 Å². The van der Waals surface area contributed by atoms with Crippen molar-refractivity contribution in [3.63, 3.8) is 0 Å². The average Bonchev–Trinajstić information content (AvgIpc) is 2.43. The maximum absolute atomic E-state index is 12.1. The highest BCUT2D eigenvalue weighted by Gasteiger charge is 2.15. The molecule has 2 rings (SSSR count). The zero-order chi connectivity index (χ0) is 14.6. The Balaban J connectivity index is 2.02.